The number of fused-ring (bicyclic) bond motifs is 1. The van der Waals surface area contributed by atoms with Crippen LogP contribution in [0.15, 0.2) is 48.0 Å². The summed E-state index contributed by atoms with van der Waals surface area (Å²) in [6, 6.07) is 6.41. The van der Waals surface area contributed by atoms with Crippen molar-refractivity contribution in [1.82, 2.24) is 0 Å². The Morgan fingerprint density at radius 3 is 2.65 bits per heavy atom. The van der Waals surface area contributed by atoms with Crippen LogP contribution in [0.5, 0.6) is 0 Å². The molecule has 1 aromatic carbocycles. The van der Waals surface area contributed by atoms with E-state index in [2.05, 4.69) is 52.1 Å². The molecule has 2 unspecified atom stereocenters. The fourth-order valence-corrected chi connectivity index (χ4v) is 3.50. The summed E-state index contributed by atoms with van der Waals surface area (Å²) in [7, 11) is 1.69. The van der Waals surface area contributed by atoms with Crippen molar-refractivity contribution in [2.45, 2.75) is 38.1 Å². The van der Waals surface area contributed by atoms with Crippen molar-refractivity contribution in [2.24, 2.45) is 4.99 Å². The molecule has 0 radical (unpaired) electrons. The first kappa shape index (κ1) is 17.6. The molecule has 0 fully saturated rings. The number of aliphatic imine (C=N–C) groups is 1. The second-order valence-corrected chi connectivity index (χ2v) is 6.75. The Bertz CT molecular complexity index is 662. The van der Waals surface area contributed by atoms with Crippen molar-refractivity contribution in [3.05, 3.63) is 59.7 Å². The number of hydrogen-bond donors (Lipinski definition) is 1. The maximum Gasteiger partial charge on any atom is 0.0914 e. The van der Waals surface area contributed by atoms with Crippen LogP contribution in [-0.4, -0.2) is 36.7 Å². The highest BCUT2D eigenvalue weighted by atomic mass is 16.5. The predicted molar refractivity (Wildman–Crippen MR) is 96.4 cm³/mol. The highest BCUT2D eigenvalue weighted by molar-refractivity contribution is 6.16. The molecule has 1 N–H and O–H groups in total. The van der Waals surface area contributed by atoms with Crippen molar-refractivity contribution in [3.8, 4) is 0 Å². The van der Waals surface area contributed by atoms with Crippen LogP contribution in [0.25, 0.3) is 0 Å². The summed E-state index contributed by atoms with van der Waals surface area (Å²) in [5, 5.41) is 9.66. The van der Waals surface area contributed by atoms with Crippen LogP contribution in [0.2, 0.25) is 0 Å². The number of benzene rings is 1. The Morgan fingerprint density at radius 1 is 1.39 bits per heavy atom. The zero-order valence-corrected chi connectivity index (χ0v) is 14.6. The number of nitrogens with zero attached hydrogens (tertiary/aromatic N) is 1. The van der Waals surface area contributed by atoms with Crippen LogP contribution in [0.1, 0.15) is 37.0 Å². The molecule has 0 spiro atoms. The maximum absolute atomic E-state index is 9.66. The van der Waals surface area contributed by atoms with E-state index in [9.17, 15) is 5.11 Å². The topological polar surface area (TPSA) is 41.8 Å². The Labute approximate surface area is 139 Å². The van der Waals surface area contributed by atoms with Crippen LogP contribution in [-0.2, 0) is 10.2 Å². The molecule has 0 aromatic heterocycles. The smallest absolute Gasteiger partial charge is 0.0914 e. The maximum atomic E-state index is 9.66. The lowest BCUT2D eigenvalue weighted by Gasteiger charge is -2.48. The zero-order chi connectivity index (χ0) is 17.3. The van der Waals surface area contributed by atoms with Gasteiger partial charge in [0.25, 0.3) is 0 Å². The summed E-state index contributed by atoms with van der Waals surface area (Å²) < 4.78 is 5.48. The highest BCUT2D eigenvalue weighted by Gasteiger charge is 2.49. The van der Waals surface area contributed by atoms with E-state index in [-0.39, 0.29) is 12.0 Å². The highest BCUT2D eigenvalue weighted by Crippen LogP contribution is 2.47. The van der Waals surface area contributed by atoms with Gasteiger partial charge in [-0.05, 0) is 37.5 Å². The molecule has 0 aliphatic carbocycles. The molecule has 1 aromatic rings. The largest absolute Gasteiger partial charge is 0.396 e. The third-order valence-electron chi connectivity index (χ3n) is 5.16. The van der Waals surface area contributed by atoms with Gasteiger partial charge >= 0.3 is 0 Å². The van der Waals surface area contributed by atoms with Crippen LogP contribution in [0.3, 0.4) is 0 Å². The first-order chi connectivity index (χ1) is 10.8. The second-order valence-electron chi connectivity index (χ2n) is 6.75. The number of aliphatic hydroxyl groups excluding tert-OH is 1. The predicted octanol–water partition coefficient (Wildman–Crippen LogP) is 3.59. The van der Waals surface area contributed by atoms with Gasteiger partial charge in [0.15, 0.2) is 0 Å². The number of hydrogen-bond acceptors (Lipinski definition) is 3. The summed E-state index contributed by atoms with van der Waals surface area (Å²) >= 11 is 0. The number of allylic oxidation sites excluding steroid dienone is 2. The average Bonchev–Trinajstić information content (AvgIpc) is 2.51. The Morgan fingerprint density at radius 2 is 2.09 bits per heavy atom. The Kier molecular flexibility index (Phi) is 4.92. The van der Waals surface area contributed by atoms with Gasteiger partial charge in [0.2, 0.25) is 0 Å². The fourth-order valence-electron chi connectivity index (χ4n) is 3.50. The molecular weight excluding hydrogens is 286 g/mol. The van der Waals surface area contributed by atoms with E-state index in [4.69, 9.17) is 9.73 Å². The molecular formula is C20H27NO2. The summed E-state index contributed by atoms with van der Waals surface area (Å²) in [6.45, 7) is 14.9. The molecule has 2 rings (SSSR count). The van der Waals surface area contributed by atoms with Crippen molar-refractivity contribution in [3.63, 3.8) is 0 Å². The lowest BCUT2D eigenvalue weighted by Crippen LogP contribution is -2.53. The Hall–Kier alpha value is -1.71. The SMILES string of the molecule is C=CC(=C)C1=NC(C)(COC)C(C)(CCO)c2ccc(C)cc21. The lowest BCUT2D eigenvalue weighted by molar-refractivity contribution is 0.0794. The van der Waals surface area contributed by atoms with Gasteiger partial charge in [-0.1, -0.05) is 43.9 Å². The normalized spacial score (nSPS) is 26.4. The summed E-state index contributed by atoms with van der Waals surface area (Å²) in [5.41, 5.74) is 4.33. The first-order valence-corrected chi connectivity index (χ1v) is 7.96. The van der Waals surface area contributed by atoms with Gasteiger partial charge < -0.3 is 9.84 Å². The van der Waals surface area contributed by atoms with Gasteiger partial charge in [-0.15, -0.1) is 0 Å². The van der Waals surface area contributed by atoms with Crippen LogP contribution in [0.4, 0.5) is 0 Å². The molecule has 0 saturated carbocycles. The molecule has 0 saturated heterocycles. The van der Waals surface area contributed by atoms with E-state index in [0.29, 0.717) is 13.0 Å². The molecule has 0 bridgehead atoms. The monoisotopic (exact) mass is 313 g/mol. The standard InChI is InChI=1S/C20H27NO2/c1-7-15(3)18-16-12-14(2)8-9-17(16)19(4,10-11-22)20(5,21-18)13-23-6/h7-9,12,22H,1,3,10-11,13H2,2,4-6H3. The van der Waals surface area contributed by atoms with Crippen molar-refractivity contribution in [2.75, 3.05) is 20.3 Å². The van der Waals surface area contributed by atoms with Crippen LogP contribution >= 0.6 is 0 Å². The number of aliphatic hydroxyl groups is 1. The van der Waals surface area contributed by atoms with E-state index in [0.717, 1.165) is 16.8 Å². The zero-order valence-electron chi connectivity index (χ0n) is 14.6. The van der Waals surface area contributed by atoms with Gasteiger partial charge in [-0.2, -0.15) is 0 Å². The minimum absolute atomic E-state index is 0.108. The van der Waals surface area contributed by atoms with Crippen LogP contribution < -0.4 is 0 Å². The number of aryl methyl sites for hydroxylation is 1. The molecule has 3 nitrogen and oxygen atoms in total. The Balaban J connectivity index is 2.78. The lowest BCUT2D eigenvalue weighted by atomic mass is 9.62. The second kappa shape index (κ2) is 6.42. The summed E-state index contributed by atoms with van der Waals surface area (Å²) in [6.07, 6.45) is 2.37. The van der Waals surface area contributed by atoms with E-state index >= 15 is 0 Å². The molecule has 1 aliphatic heterocycles. The third kappa shape index (κ3) is 2.79. The van der Waals surface area contributed by atoms with E-state index in [1.54, 1.807) is 13.2 Å². The van der Waals surface area contributed by atoms with Gasteiger partial charge in [-0.3, -0.25) is 4.99 Å². The number of ether oxygens (including phenoxy) is 1. The van der Waals surface area contributed by atoms with Gasteiger partial charge in [-0.25, -0.2) is 0 Å². The molecule has 3 heteroatoms. The minimum atomic E-state index is -0.478. The van der Waals surface area contributed by atoms with E-state index in [1.165, 1.54) is 11.1 Å². The van der Waals surface area contributed by atoms with Gasteiger partial charge in [0, 0.05) is 24.7 Å². The van der Waals surface area contributed by atoms with Gasteiger partial charge in [0.05, 0.1) is 17.9 Å². The van der Waals surface area contributed by atoms with Crippen molar-refractivity contribution < 1.29 is 9.84 Å². The summed E-state index contributed by atoms with van der Waals surface area (Å²) in [5.74, 6) is 0. The molecule has 23 heavy (non-hydrogen) atoms. The molecule has 1 heterocycles. The number of methoxy groups -OCH3 is 1. The first-order valence-electron chi connectivity index (χ1n) is 7.96. The molecule has 0 amide bonds. The summed E-state index contributed by atoms with van der Waals surface area (Å²) in [4.78, 5) is 5.04. The molecule has 124 valence electrons. The van der Waals surface area contributed by atoms with Crippen molar-refractivity contribution >= 4 is 5.71 Å². The average molecular weight is 313 g/mol. The third-order valence-corrected chi connectivity index (χ3v) is 5.16. The van der Waals surface area contributed by atoms with E-state index in [1.807, 2.05) is 0 Å². The number of rotatable bonds is 6. The fraction of sp³-hybridized carbons (Fsp3) is 0.450. The minimum Gasteiger partial charge on any atom is -0.396 e. The molecule has 1 aliphatic rings. The van der Waals surface area contributed by atoms with Crippen molar-refractivity contribution in [1.29, 1.82) is 0 Å². The van der Waals surface area contributed by atoms with Gasteiger partial charge in [0.1, 0.15) is 0 Å². The van der Waals surface area contributed by atoms with Crippen LogP contribution in [0, 0.1) is 6.92 Å². The quantitative estimate of drug-likeness (QED) is 0.816. The van der Waals surface area contributed by atoms with E-state index < -0.39 is 5.54 Å². The molecule has 2 atom stereocenters.